The predicted molar refractivity (Wildman–Crippen MR) is 137 cm³/mol. The van der Waals surface area contributed by atoms with Crippen LogP contribution in [-0.4, -0.2) is 49.7 Å². The number of hydrogen-bond donors (Lipinski definition) is 0. The average molecular weight is 674 g/mol. The van der Waals surface area contributed by atoms with E-state index >= 15 is 0 Å². The van der Waals surface area contributed by atoms with Gasteiger partial charge in [0.05, 0.1) is 11.8 Å². The highest BCUT2D eigenvalue weighted by molar-refractivity contribution is 9.12. The fourth-order valence-corrected chi connectivity index (χ4v) is 7.67. The quantitative estimate of drug-likeness (QED) is 0.251. The molecule has 2 aliphatic carbocycles. The maximum atomic E-state index is 13.6. The Morgan fingerprint density at radius 1 is 0.882 bits per heavy atom. The van der Waals surface area contributed by atoms with Crippen LogP contribution in [0.2, 0.25) is 5.02 Å². The van der Waals surface area contributed by atoms with Gasteiger partial charge in [-0.1, -0.05) is 71.5 Å². The lowest BCUT2D eigenvalue weighted by atomic mass is 9.81. The van der Waals surface area contributed by atoms with Gasteiger partial charge in [0.25, 0.3) is 17.7 Å². The zero-order chi connectivity index (χ0) is 24.3. The Labute approximate surface area is 226 Å². The van der Waals surface area contributed by atoms with Gasteiger partial charge in [-0.3, -0.25) is 19.2 Å². The summed E-state index contributed by atoms with van der Waals surface area (Å²) in [5.74, 6) is -2.84. The number of fused-ring (bicyclic) bond motifs is 5. The molecule has 1 saturated heterocycles. The minimum absolute atomic E-state index is 0.00418. The Balaban J connectivity index is 1.50. The van der Waals surface area contributed by atoms with Gasteiger partial charge in [0.2, 0.25) is 0 Å². The van der Waals surface area contributed by atoms with E-state index in [2.05, 4.69) is 47.8 Å². The van der Waals surface area contributed by atoms with Gasteiger partial charge in [-0.05, 0) is 54.7 Å². The fourth-order valence-electron chi connectivity index (χ4n) is 5.41. The molecule has 1 heterocycles. The number of imide groups is 1. The zero-order valence-electron chi connectivity index (χ0n) is 17.5. The topological polar surface area (TPSA) is 74.8 Å². The number of ketones is 1. The molecular formula is C24H18Br3ClN2O4. The van der Waals surface area contributed by atoms with Crippen molar-refractivity contribution in [2.24, 2.45) is 23.7 Å². The van der Waals surface area contributed by atoms with Crippen LogP contribution in [0.1, 0.15) is 27.1 Å². The van der Waals surface area contributed by atoms with Crippen LogP contribution >= 0.6 is 59.4 Å². The highest BCUT2D eigenvalue weighted by Crippen LogP contribution is 2.60. The van der Waals surface area contributed by atoms with E-state index in [9.17, 15) is 19.2 Å². The van der Waals surface area contributed by atoms with Crippen molar-refractivity contribution in [2.75, 3.05) is 6.54 Å². The molecule has 10 heteroatoms. The molecule has 0 N–H and O–H groups in total. The summed E-state index contributed by atoms with van der Waals surface area (Å²) < 4.78 is 0.806. The number of halogens is 4. The van der Waals surface area contributed by atoms with Gasteiger partial charge in [0.15, 0.2) is 5.78 Å². The summed E-state index contributed by atoms with van der Waals surface area (Å²) in [6.07, 6.45) is 0.773. The number of carbonyl (C=O) groups excluding carboxylic acids is 4. The van der Waals surface area contributed by atoms with Crippen LogP contribution in [0.15, 0.2) is 53.0 Å². The summed E-state index contributed by atoms with van der Waals surface area (Å²) in [5, 5.41) is 2.37. The molecule has 2 aromatic carbocycles. The molecule has 0 unspecified atom stereocenters. The van der Waals surface area contributed by atoms with Crippen molar-refractivity contribution in [2.45, 2.75) is 16.1 Å². The van der Waals surface area contributed by atoms with Crippen LogP contribution in [0.25, 0.3) is 0 Å². The van der Waals surface area contributed by atoms with Crippen molar-refractivity contribution in [3.63, 3.8) is 0 Å². The summed E-state index contributed by atoms with van der Waals surface area (Å²) in [6, 6.07) is 12.8. The van der Waals surface area contributed by atoms with Crippen LogP contribution in [-0.2, 0) is 9.59 Å². The van der Waals surface area contributed by atoms with Gasteiger partial charge in [0, 0.05) is 30.3 Å². The third kappa shape index (κ3) is 3.88. The summed E-state index contributed by atoms with van der Waals surface area (Å²) >= 11 is 16.6. The SMILES string of the molecule is O=C(CN(C(=O)c1ccc(Cl)cc1)N1C(=O)[C@@H]2[C@H]3C[C@@H]([C@H](Br)[C@@H]3Br)[C@@H]2C1=O)c1ccc(Br)cc1. The molecular weight excluding hydrogens is 655 g/mol. The number of hydrazine groups is 1. The molecule has 3 fully saturated rings. The first kappa shape index (κ1) is 24.2. The van der Waals surface area contributed by atoms with Crippen LogP contribution in [0.3, 0.4) is 0 Å². The molecule has 6 atom stereocenters. The van der Waals surface area contributed by atoms with Crippen LogP contribution in [0, 0.1) is 23.7 Å². The van der Waals surface area contributed by atoms with Crippen molar-refractivity contribution in [3.05, 3.63) is 69.2 Å². The maximum absolute atomic E-state index is 13.6. The first-order chi connectivity index (χ1) is 16.2. The number of amides is 3. The van der Waals surface area contributed by atoms with E-state index < -0.39 is 36.1 Å². The number of benzene rings is 2. The molecule has 5 rings (SSSR count). The Bertz CT molecular complexity index is 1160. The summed E-state index contributed by atoms with van der Waals surface area (Å²) in [7, 11) is 0. The predicted octanol–water partition coefficient (Wildman–Crippen LogP) is 5.12. The van der Waals surface area contributed by atoms with Gasteiger partial charge in [-0.15, -0.1) is 0 Å². The van der Waals surface area contributed by atoms with Gasteiger partial charge in [0.1, 0.15) is 6.54 Å². The fraction of sp³-hybridized carbons (Fsp3) is 0.333. The highest BCUT2D eigenvalue weighted by atomic mass is 79.9. The second kappa shape index (κ2) is 9.15. The van der Waals surface area contributed by atoms with Crippen LogP contribution in [0.5, 0.6) is 0 Å². The Morgan fingerprint density at radius 2 is 1.38 bits per heavy atom. The van der Waals surface area contributed by atoms with E-state index in [1.54, 1.807) is 36.4 Å². The molecule has 6 nitrogen and oxygen atoms in total. The number of carbonyl (C=O) groups is 4. The van der Waals surface area contributed by atoms with E-state index in [0.29, 0.717) is 10.6 Å². The van der Waals surface area contributed by atoms with Crippen molar-refractivity contribution >= 4 is 82.9 Å². The zero-order valence-corrected chi connectivity index (χ0v) is 23.1. The first-order valence-electron chi connectivity index (χ1n) is 10.7. The van der Waals surface area contributed by atoms with Gasteiger partial charge >= 0.3 is 0 Å². The molecule has 2 saturated carbocycles. The summed E-state index contributed by atoms with van der Waals surface area (Å²) in [4.78, 5) is 53.9. The van der Waals surface area contributed by atoms with Crippen molar-refractivity contribution < 1.29 is 19.2 Å². The smallest absolute Gasteiger partial charge is 0.273 e. The Kier molecular flexibility index (Phi) is 6.50. The van der Waals surface area contributed by atoms with Crippen LogP contribution < -0.4 is 0 Å². The number of hydrogen-bond acceptors (Lipinski definition) is 4. The molecule has 3 amide bonds. The third-order valence-electron chi connectivity index (χ3n) is 6.99. The molecule has 0 spiro atoms. The lowest BCUT2D eigenvalue weighted by molar-refractivity contribution is -0.154. The summed E-state index contributed by atoms with van der Waals surface area (Å²) in [5.41, 5.74) is 0.600. The standard InChI is InChI=1S/C24H18Br3ClN2O4/c25-13-5-1-11(2-6-13)17(31)10-29(22(32)12-3-7-14(28)8-4-12)30-23(33)18-15-9-16(19(18)24(30)34)21(27)20(15)26/h1-8,15-16,18-21H,9-10H2/t15-,16-,18-,19+,20-,21+/m1/s1. The van der Waals surface area contributed by atoms with E-state index in [4.69, 9.17) is 11.6 Å². The number of Topliss-reactive ketones (excluding diaryl/α,β-unsaturated/α-hetero) is 1. The number of alkyl halides is 2. The third-order valence-corrected chi connectivity index (χ3v) is 11.0. The molecule has 2 aromatic rings. The first-order valence-corrected chi connectivity index (χ1v) is 13.7. The molecule has 1 aliphatic heterocycles. The molecule has 176 valence electrons. The van der Waals surface area contributed by atoms with E-state index in [1.165, 1.54) is 12.1 Å². The van der Waals surface area contributed by atoms with Gasteiger partial charge in [-0.25, -0.2) is 5.01 Å². The Hall–Kier alpha value is -1.55. The molecule has 2 bridgehead atoms. The summed E-state index contributed by atoms with van der Waals surface area (Å²) in [6.45, 7) is -0.440. The molecule has 3 aliphatic rings. The molecule has 34 heavy (non-hydrogen) atoms. The number of rotatable bonds is 5. The second-order valence-electron chi connectivity index (χ2n) is 8.79. The molecule has 0 radical (unpaired) electrons. The lowest BCUT2D eigenvalue weighted by Gasteiger charge is -2.31. The molecule has 0 aromatic heterocycles. The second-order valence-corrected chi connectivity index (χ2v) is 12.3. The largest absolute Gasteiger partial charge is 0.292 e. The van der Waals surface area contributed by atoms with Crippen molar-refractivity contribution in [1.82, 2.24) is 10.0 Å². The minimum atomic E-state index is -0.609. The van der Waals surface area contributed by atoms with E-state index in [1.807, 2.05) is 0 Å². The van der Waals surface area contributed by atoms with Gasteiger partial charge < -0.3 is 0 Å². The lowest BCUT2D eigenvalue weighted by Crippen LogP contribution is -2.52. The van der Waals surface area contributed by atoms with Crippen LogP contribution in [0.4, 0.5) is 0 Å². The van der Waals surface area contributed by atoms with Crippen molar-refractivity contribution in [3.8, 4) is 0 Å². The minimum Gasteiger partial charge on any atom is -0.292 e. The normalized spacial score (nSPS) is 29.5. The maximum Gasteiger partial charge on any atom is 0.273 e. The Morgan fingerprint density at radius 3 is 1.91 bits per heavy atom. The van der Waals surface area contributed by atoms with Gasteiger partial charge in [-0.2, -0.15) is 5.01 Å². The highest BCUT2D eigenvalue weighted by Gasteiger charge is 2.67. The monoisotopic (exact) mass is 670 g/mol. The van der Waals surface area contributed by atoms with E-state index in [-0.39, 0.29) is 32.8 Å². The average Bonchev–Trinajstić information content (AvgIpc) is 3.43. The van der Waals surface area contributed by atoms with E-state index in [0.717, 1.165) is 20.9 Å². The van der Waals surface area contributed by atoms with Crippen molar-refractivity contribution in [1.29, 1.82) is 0 Å². The number of nitrogens with zero attached hydrogens (tertiary/aromatic N) is 2.